The maximum atomic E-state index is 13.9. The topological polar surface area (TPSA) is 473 Å². The molecule has 36 heteroatoms. The summed E-state index contributed by atoms with van der Waals surface area (Å²) in [4.78, 5) is 51.7. The molecule has 29 nitrogen and oxygen atoms in total. The summed E-state index contributed by atoms with van der Waals surface area (Å²) in [6, 6.07) is -1.44. The first-order valence-electron chi connectivity index (χ1n) is 22.6. The third-order valence-electron chi connectivity index (χ3n) is 12.3. The van der Waals surface area contributed by atoms with Gasteiger partial charge in [0, 0.05) is 31.9 Å². The van der Waals surface area contributed by atoms with E-state index < -0.39 is 160 Å². The first-order valence-corrected chi connectivity index (χ1v) is 26.6. The van der Waals surface area contributed by atoms with Gasteiger partial charge >= 0.3 is 118 Å². The molecule has 75 heavy (non-hydrogen) atoms. The summed E-state index contributed by atoms with van der Waals surface area (Å²) in [7, 11) is -15.7. The van der Waals surface area contributed by atoms with Crippen molar-refractivity contribution in [3.8, 4) is 0 Å². The van der Waals surface area contributed by atoms with E-state index in [1.807, 2.05) is 0 Å². The zero-order valence-corrected chi connectivity index (χ0v) is 53.2. The SMILES string of the molecule is CCC1CC(C(=O)CCCNC(=O)[C@H]([CH-]COS(=O)(=O)[O-])OS(=O)(=O)[O-])C[C@@H](O[C@@H]2O[C@@H](CO)[C@H](O)C(O[C@@H](CC3CCCCC3)C(=O)[O-])C2NC(C)=O)[C@@H]1O[C@@H]1OC(C)[C@@H](O)[C@H](O)C1O.O=S(=O)([O-])O.[Na+].[Na+].[Na+].[Na+]. The van der Waals surface area contributed by atoms with E-state index in [9.17, 15) is 75.8 Å². The Labute approximate surface area is 524 Å². The quantitative estimate of drug-likeness (QED) is 0.0146. The molecule has 6 unspecified atom stereocenters. The van der Waals surface area contributed by atoms with Crippen LogP contribution in [0.15, 0.2) is 0 Å². The largest absolute Gasteiger partial charge is 1.00 e. The minimum atomic E-state index is -5.51. The van der Waals surface area contributed by atoms with Gasteiger partial charge in [-0.05, 0) is 44.4 Å². The maximum absolute atomic E-state index is 13.9. The molecule has 414 valence electrons. The van der Waals surface area contributed by atoms with Crippen molar-refractivity contribution in [3.63, 3.8) is 0 Å². The fourth-order valence-electron chi connectivity index (χ4n) is 8.92. The zero-order valence-electron chi connectivity index (χ0n) is 42.8. The molecule has 2 amide bonds. The van der Waals surface area contributed by atoms with Gasteiger partial charge < -0.3 is 87.6 Å². The van der Waals surface area contributed by atoms with Gasteiger partial charge in [0.1, 0.15) is 48.4 Å². The summed E-state index contributed by atoms with van der Waals surface area (Å²) in [5.74, 6) is -5.30. The van der Waals surface area contributed by atoms with Crippen LogP contribution in [0.2, 0.25) is 0 Å². The molecule has 0 aromatic rings. The molecule has 0 aromatic heterocycles. The van der Waals surface area contributed by atoms with Gasteiger partial charge in [0.15, 0.2) is 12.6 Å². The molecule has 2 aliphatic carbocycles. The Morgan fingerprint density at radius 1 is 0.813 bits per heavy atom. The van der Waals surface area contributed by atoms with Gasteiger partial charge in [0.25, 0.3) is 0 Å². The van der Waals surface area contributed by atoms with Gasteiger partial charge in [-0.1, -0.05) is 52.1 Å². The molecule has 8 N–H and O–H groups in total. The van der Waals surface area contributed by atoms with Crippen molar-refractivity contribution in [2.24, 2.45) is 17.8 Å². The molecule has 2 saturated heterocycles. The summed E-state index contributed by atoms with van der Waals surface area (Å²) < 4.78 is 137. The molecule has 4 rings (SSSR count). The van der Waals surface area contributed by atoms with Crippen LogP contribution in [-0.4, -0.2) is 198 Å². The van der Waals surface area contributed by atoms with E-state index in [0.717, 1.165) is 39.0 Å². The van der Waals surface area contributed by atoms with Crippen molar-refractivity contribution in [1.82, 2.24) is 10.6 Å². The van der Waals surface area contributed by atoms with Crippen LogP contribution in [0.1, 0.15) is 91.4 Å². The number of carbonyl (C=O) groups is 4. The van der Waals surface area contributed by atoms with Crippen LogP contribution in [0, 0.1) is 24.2 Å². The van der Waals surface area contributed by atoms with Crippen molar-refractivity contribution in [3.05, 3.63) is 6.42 Å². The number of nitrogens with one attached hydrogen (secondary N) is 2. The molecule has 4 fully saturated rings. The number of ketones is 1. The number of aliphatic hydroxyl groups is 5. The van der Waals surface area contributed by atoms with Crippen LogP contribution in [0.3, 0.4) is 0 Å². The second-order valence-corrected chi connectivity index (χ2v) is 20.4. The third kappa shape index (κ3) is 27.9. The molecule has 2 aliphatic heterocycles. The van der Waals surface area contributed by atoms with E-state index in [2.05, 4.69) is 19.0 Å². The van der Waals surface area contributed by atoms with Crippen LogP contribution < -0.4 is 134 Å². The zero-order chi connectivity index (χ0) is 53.6. The van der Waals surface area contributed by atoms with E-state index in [0.29, 0.717) is 12.8 Å². The van der Waals surface area contributed by atoms with Crippen LogP contribution in [0.5, 0.6) is 0 Å². The van der Waals surface area contributed by atoms with E-state index >= 15 is 0 Å². The number of aliphatic hydroxyl groups excluding tert-OH is 5. The van der Waals surface area contributed by atoms with E-state index in [4.69, 9.17) is 41.2 Å². The molecule has 2 saturated carbocycles. The average Bonchev–Trinajstić information content (AvgIpc) is 3.26. The number of carbonyl (C=O) groups excluding carboxylic acids is 4. The predicted octanol–water partition coefficient (Wildman–Crippen LogP) is -16.9. The van der Waals surface area contributed by atoms with Gasteiger partial charge in [-0.25, -0.2) is 25.3 Å². The molecule has 4 aliphatic rings. The molecule has 2 heterocycles. The standard InChI is InChI=1S/C39H65N2O23S2.4Na.H2O4S/c1-4-22-16-23(24(44)11-8-13-40-36(49)25(64-66(55,56)57)12-14-58-65(52,53)54)17-26(34(22)63-39-33(48)32(47)30(45)19(2)59-39)61-38-29(41-20(3)43)35(31(46)28(18-42)62-38)60-27(37(50)51)15-21-9-6-5-7-10-21;;;;;1-5(2,3)4/h12,19,21-23,25-35,38-39,42,45-48H,4-11,13-18H2,1-3H3,(H,40,49)(H,41,43)(H,50,51)(H,52,53,54)(H,55,56,57);;;;;(H2,1,2,3,4)/q-1;4*+1;/p-4/t19?,22?,23?,25-,26+,27-,28-,29?,30+,31-,32-,33?,34+,35?,38+,39-;;;;;/m0...../s1. The molecule has 0 bridgehead atoms. The summed E-state index contributed by atoms with van der Waals surface area (Å²) in [5.41, 5.74) is 0. The smallest absolute Gasteiger partial charge is 0.726 e. The molecule has 0 radical (unpaired) electrons. The number of ether oxygens (including phenoxy) is 5. The van der Waals surface area contributed by atoms with E-state index in [1.165, 1.54) is 6.92 Å². The van der Waals surface area contributed by atoms with Crippen molar-refractivity contribution in [1.29, 1.82) is 0 Å². The molecule has 0 spiro atoms. The first kappa shape index (κ1) is 78.4. The van der Waals surface area contributed by atoms with E-state index in [1.54, 1.807) is 6.92 Å². The number of carboxylic acid groups (broad SMARTS) is 1. The molecule has 0 aromatic carbocycles. The summed E-state index contributed by atoms with van der Waals surface area (Å²) >= 11 is 0. The van der Waals surface area contributed by atoms with Crippen LogP contribution in [0.4, 0.5) is 0 Å². The van der Waals surface area contributed by atoms with Gasteiger partial charge in [-0.3, -0.25) is 29.5 Å². The number of hydrogen-bond acceptors (Lipinski definition) is 26. The number of Topliss-reactive ketones (excluding diaryl/α,β-unsaturated/α-hetero) is 1. The van der Waals surface area contributed by atoms with Crippen molar-refractivity contribution in [2.45, 2.75) is 177 Å². The maximum Gasteiger partial charge on any atom is 1.00 e. The van der Waals surface area contributed by atoms with Crippen molar-refractivity contribution >= 4 is 54.8 Å². The number of carboxylic acids is 1. The fraction of sp³-hybridized carbons (Fsp3) is 0.872. The van der Waals surface area contributed by atoms with Gasteiger partial charge in [0.05, 0.1) is 37.0 Å². The number of amides is 2. The molecule has 16 atom stereocenters. The summed E-state index contributed by atoms with van der Waals surface area (Å²) in [6.45, 7) is 2.11. The van der Waals surface area contributed by atoms with Gasteiger partial charge in [-0.2, -0.15) is 0 Å². The Balaban J connectivity index is 0. The summed E-state index contributed by atoms with van der Waals surface area (Å²) in [5, 5.41) is 70.9. The van der Waals surface area contributed by atoms with Crippen molar-refractivity contribution < 1.29 is 244 Å². The third-order valence-corrected chi connectivity index (χ3v) is 13.2. The Hall–Kier alpha value is 1.29. The number of aliphatic carboxylic acids is 1. The Bertz CT molecular complexity index is 2070. The fourth-order valence-corrected chi connectivity index (χ4v) is 9.59. The van der Waals surface area contributed by atoms with E-state index in [-0.39, 0.29) is 169 Å². The minimum absolute atomic E-state index is 0. The van der Waals surface area contributed by atoms with Crippen molar-refractivity contribution in [2.75, 3.05) is 19.8 Å². The predicted molar refractivity (Wildman–Crippen MR) is 227 cm³/mol. The normalized spacial score (nSPS) is 31.1. The van der Waals surface area contributed by atoms with Crippen LogP contribution in [0.25, 0.3) is 0 Å². The number of rotatable bonds is 24. The monoisotopic (exact) mass is 1180 g/mol. The Morgan fingerprint density at radius 2 is 1.41 bits per heavy atom. The average molecular weight is 1180 g/mol. The second kappa shape index (κ2) is 36.8. The van der Waals surface area contributed by atoms with Crippen LogP contribution >= 0.6 is 0 Å². The second-order valence-electron chi connectivity index (χ2n) is 17.5. The Morgan fingerprint density at radius 3 is 1.93 bits per heavy atom. The van der Waals surface area contributed by atoms with Gasteiger partial charge in [0.2, 0.25) is 43.0 Å². The first-order chi connectivity index (χ1) is 32.9. The van der Waals surface area contributed by atoms with Gasteiger partial charge in [-0.15, -0.1) is 0 Å². The minimum Gasteiger partial charge on any atom is -0.726 e. The number of hydrogen-bond donors (Lipinski definition) is 8. The molecular weight excluding hydrogens is 1120 g/mol. The Kier molecular flexibility index (Phi) is 38.4. The summed E-state index contributed by atoms with van der Waals surface area (Å²) in [6.07, 6.45) is -15.1. The van der Waals surface area contributed by atoms with Crippen LogP contribution in [-0.2, 0) is 82.4 Å². The molecular formula is C39H63N2Na4O27S3-.